The molecule has 0 unspecified atom stereocenters. The number of nitrogens with zero attached hydrogens (tertiary/aromatic N) is 3. The minimum atomic E-state index is -0.171. The summed E-state index contributed by atoms with van der Waals surface area (Å²) < 4.78 is 7.40. The maximum absolute atomic E-state index is 13.0. The van der Waals surface area contributed by atoms with Crippen LogP contribution < -0.4 is 10.3 Å². The number of ether oxygens (including phenoxy) is 1. The summed E-state index contributed by atoms with van der Waals surface area (Å²) in [5.74, 6) is 1.59. The molecule has 3 aromatic rings. The summed E-state index contributed by atoms with van der Waals surface area (Å²) >= 11 is 3.42. The summed E-state index contributed by atoms with van der Waals surface area (Å²) in [6.07, 6.45) is 6.20. The Morgan fingerprint density at radius 3 is 2.68 bits per heavy atom. The zero-order chi connectivity index (χ0) is 20.1. The van der Waals surface area contributed by atoms with Gasteiger partial charge >= 0.3 is 0 Å². The third-order valence-corrected chi connectivity index (χ3v) is 5.05. The van der Waals surface area contributed by atoms with E-state index >= 15 is 0 Å². The SMILES string of the molecule is CC[C@H](C)c1nc2ccc(Br)cc2c(=O)n1N=C/C=C/c1ccc(OC)cc1. The van der Waals surface area contributed by atoms with E-state index in [0.29, 0.717) is 16.7 Å². The molecule has 144 valence electrons. The molecule has 1 atom stereocenters. The summed E-state index contributed by atoms with van der Waals surface area (Å²) in [5.41, 5.74) is 1.53. The van der Waals surface area contributed by atoms with E-state index in [4.69, 9.17) is 9.72 Å². The van der Waals surface area contributed by atoms with Crippen molar-refractivity contribution in [2.75, 3.05) is 7.11 Å². The van der Waals surface area contributed by atoms with Crippen molar-refractivity contribution in [1.29, 1.82) is 0 Å². The van der Waals surface area contributed by atoms with Crippen LogP contribution in [0.3, 0.4) is 0 Å². The first-order valence-corrected chi connectivity index (χ1v) is 9.90. The van der Waals surface area contributed by atoms with E-state index in [1.165, 1.54) is 4.68 Å². The van der Waals surface area contributed by atoms with Crippen molar-refractivity contribution in [2.45, 2.75) is 26.2 Å². The predicted octanol–water partition coefficient (Wildman–Crippen LogP) is 5.23. The molecule has 0 aliphatic rings. The molecule has 6 heteroatoms. The van der Waals surface area contributed by atoms with Gasteiger partial charge in [0, 0.05) is 16.6 Å². The third-order valence-electron chi connectivity index (χ3n) is 4.56. The van der Waals surface area contributed by atoms with Crippen LogP contribution in [0.4, 0.5) is 0 Å². The van der Waals surface area contributed by atoms with Crippen LogP contribution in [0.25, 0.3) is 17.0 Å². The minimum absolute atomic E-state index is 0.114. The fourth-order valence-corrected chi connectivity index (χ4v) is 3.11. The van der Waals surface area contributed by atoms with Gasteiger partial charge in [0.1, 0.15) is 11.6 Å². The first kappa shape index (κ1) is 20.0. The fourth-order valence-electron chi connectivity index (χ4n) is 2.75. The highest BCUT2D eigenvalue weighted by Crippen LogP contribution is 2.20. The minimum Gasteiger partial charge on any atom is -0.497 e. The zero-order valence-corrected chi connectivity index (χ0v) is 17.7. The van der Waals surface area contributed by atoms with Crippen LogP contribution in [0.5, 0.6) is 5.75 Å². The summed E-state index contributed by atoms with van der Waals surface area (Å²) in [4.78, 5) is 17.7. The second kappa shape index (κ2) is 8.97. The Balaban J connectivity index is 1.97. The van der Waals surface area contributed by atoms with Crippen LogP contribution in [-0.2, 0) is 0 Å². The number of benzene rings is 2. The summed E-state index contributed by atoms with van der Waals surface area (Å²) in [5, 5.41) is 4.93. The van der Waals surface area contributed by atoms with Crippen LogP contribution in [-0.4, -0.2) is 23.0 Å². The van der Waals surface area contributed by atoms with Gasteiger partial charge in [-0.2, -0.15) is 9.78 Å². The van der Waals surface area contributed by atoms with E-state index in [9.17, 15) is 4.79 Å². The Kier molecular flexibility index (Phi) is 6.41. The molecule has 5 nitrogen and oxygen atoms in total. The number of halogens is 1. The van der Waals surface area contributed by atoms with Gasteiger partial charge in [-0.05, 0) is 48.4 Å². The number of hydrogen-bond acceptors (Lipinski definition) is 4. The molecular formula is C22H22BrN3O2. The second-order valence-electron chi connectivity index (χ2n) is 6.45. The lowest BCUT2D eigenvalue weighted by molar-refractivity contribution is 0.415. The monoisotopic (exact) mass is 439 g/mol. The van der Waals surface area contributed by atoms with Gasteiger partial charge < -0.3 is 4.74 Å². The number of aromatic nitrogens is 2. The fraction of sp³-hybridized carbons (Fsp3) is 0.227. The number of rotatable bonds is 6. The highest BCUT2D eigenvalue weighted by molar-refractivity contribution is 9.10. The van der Waals surface area contributed by atoms with Crippen molar-refractivity contribution >= 4 is 39.1 Å². The first-order valence-electron chi connectivity index (χ1n) is 9.10. The van der Waals surface area contributed by atoms with E-state index in [1.54, 1.807) is 25.5 Å². The highest BCUT2D eigenvalue weighted by atomic mass is 79.9. The molecule has 0 amide bonds. The lowest BCUT2D eigenvalue weighted by Crippen LogP contribution is -2.23. The van der Waals surface area contributed by atoms with E-state index in [0.717, 1.165) is 22.2 Å². The molecule has 0 fully saturated rings. The van der Waals surface area contributed by atoms with Crippen LogP contribution in [0.15, 0.2) is 62.9 Å². The molecule has 0 spiro atoms. The first-order chi connectivity index (χ1) is 13.5. The summed E-state index contributed by atoms with van der Waals surface area (Å²) in [6, 6.07) is 13.2. The normalized spacial score (nSPS) is 12.9. The van der Waals surface area contributed by atoms with Gasteiger partial charge in [0.15, 0.2) is 0 Å². The maximum atomic E-state index is 13.0. The molecule has 1 aromatic heterocycles. The molecule has 2 aromatic carbocycles. The second-order valence-corrected chi connectivity index (χ2v) is 7.37. The highest BCUT2D eigenvalue weighted by Gasteiger charge is 2.15. The Morgan fingerprint density at radius 1 is 1.25 bits per heavy atom. The van der Waals surface area contributed by atoms with Crippen molar-refractivity contribution < 1.29 is 4.74 Å². The smallest absolute Gasteiger partial charge is 0.282 e. The Morgan fingerprint density at radius 2 is 2.00 bits per heavy atom. The quantitative estimate of drug-likeness (QED) is 0.494. The van der Waals surface area contributed by atoms with Gasteiger partial charge in [-0.25, -0.2) is 4.98 Å². The van der Waals surface area contributed by atoms with Gasteiger partial charge in [0.2, 0.25) is 0 Å². The van der Waals surface area contributed by atoms with Crippen molar-refractivity contribution in [3.8, 4) is 5.75 Å². The largest absolute Gasteiger partial charge is 0.497 e. The molecule has 0 aliphatic heterocycles. The number of fused-ring (bicyclic) bond motifs is 1. The number of hydrogen-bond donors (Lipinski definition) is 0. The number of methoxy groups -OCH3 is 1. The van der Waals surface area contributed by atoms with E-state index in [1.807, 2.05) is 49.4 Å². The van der Waals surface area contributed by atoms with Crippen molar-refractivity contribution in [1.82, 2.24) is 9.66 Å². The van der Waals surface area contributed by atoms with Crippen molar-refractivity contribution in [2.24, 2.45) is 5.10 Å². The van der Waals surface area contributed by atoms with Crippen molar-refractivity contribution in [3.05, 3.63) is 74.8 Å². The molecule has 1 heterocycles. The van der Waals surface area contributed by atoms with Crippen LogP contribution in [0.2, 0.25) is 0 Å². The average Bonchev–Trinajstić information content (AvgIpc) is 2.72. The standard InChI is InChI=1S/C22H22BrN3O2/c1-4-15(2)21-25-20-12-9-17(23)14-19(20)22(27)26(21)24-13-5-6-16-7-10-18(28-3)11-8-16/h5-15H,4H2,1-3H3/b6-5+,24-13?/t15-/m0/s1. The predicted molar refractivity (Wildman–Crippen MR) is 118 cm³/mol. The molecule has 0 saturated heterocycles. The number of allylic oxidation sites excluding steroid dienone is 1. The molecule has 0 N–H and O–H groups in total. The van der Waals surface area contributed by atoms with E-state index in [2.05, 4.69) is 28.0 Å². The van der Waals surface area contributed by atoms with Gasteiger partial charge in [-0.15, -0.1) is 0 Å². The lowest BCUT2D eigenvalue weighted by Gasteiger charge is -2.13. The van der Waals surface area contributed by atoms with Gasteiger partial charge in [0.05, 0.1) is 18.0 Å². The molecule has 0 bridgehead atoms. The van der Waals surface area contributed by atoms with Crippen LogP contribution in [0, 0.1) is 0 Å². The van der Waals surface area contributed by atoms with Gasteiger partial charge in [-0.1, -0.05) is 48.0 Å². The summed E-state index contributed by atoms with van der Waals surface area (Å²) in [6.45, 7) is 4.12. The molecule has 0 radical (unpaired) electrons. The van der Waals surface area contributed by atoms with Gasteiger partial charge in [-0.3, -0.25) is 4.79 Å². The molecule has 0 saturated carbocycles. The van der Waals surface area contributed by atoms with E-state index in [-0.39, 0.29) is 11.5 Å². The zero-order valence-electron chi connectivity index (χ0n) is 16.1. The average molecular weight is 440 g/mol. The third kappa shape index (κ3) is 4.39. The van der Waals surface area contributed by atoms with E-state index < -0.39 is 0 Å². The Labute approximate surface area is 172 Å². The van der Waals surface area contributed by atoms with Crippen molar-refractivity contribution in [3.63, 3.8) is 0 Å². The van der Waals surface area contributed by atoms with Gasteiger partial charge in [0.25, 0.3) is 5.56 Å². The molecule has 3 rings (SSSR count). The lowest BCUT2D eigenvalue weighted by atomic mass is 10.1. The topological polar surface area (TPSA) is 56.5 Å². The van der Waals surface area contributed by atoms with Crippen LogP contribution in [0.1, 0.15) is 37.6 Å². The maximum Gasteiger partial charge on any atom is 0.282 e. The Bertz CT molecular complexity index is 1090. The summed E-state index contributed by atoms with van der Waals surface area (Å²) in [7, 11) is 1.64. The van der Waals surface area contributed by atoms with Crippen LogP contribution >= 0.6 is 15.9 Å². The Hall–Kier alpha value is -2.73. The molecule has 28 heavy (non-hydrogen) atoms. The molecule has 0 aliphatic carbocycles. The molecular weight excluding hydrogens is 418 g/mol.